The number of nitrogens with zero attached hydrogens (tertiary/aromatic N) is 3. The van der Waals surface area contributed by atoms with Gasteiger partial charge in [-0.15, -0.1) is 0 Å². The summed E-state index contributed by atoms with van der Waals surface area (Å²) in [6.07, 6.45) is 1.56. The van der Waals surface area contributed by atoms with E-state index in [-0.39, 0.29) is 30.2 Å². The molecule has 2 aliphatic heterocycles. The SMILES string of the molecule is CCCCS(=O)(=O)N1CC(C(=O)NC2CCN(C(C)=O)CC2)Oc2ccc(-c3c(C)noc3C)cc21. The van der Waals surface area contributed by atoms with Gasteiger partial charge in [-0.1, -0.05) is 24.6 Å². The van der Waals surface area contributed by atoms with E-state index in [1.165, 1.54) is 11.2 Å². The van der Waals surface area contributed by atoms with Crippen molar-refractivity contribution in [3.05, 3.63) is 29.7 Å². The Morgan fingerprint density at radius 2 is 1.92 bits per heavy atom. The van der Waals surface area contributed by atoms with Crippen molar-refractivity contribution in [3.8, 4) is 16.9 Å². The van der Waals surface area contributed by atoms with Crippen molar-refractivity contribution >= 4 is 27.5 Å². The maximum Gasteiger partial charge on any atom is 0.263 e. The standard InChI is InChI=1S/C25H34N4O6S/c1-5-6-13-36(32,33)29-15-23(25(31)26-20-9-11-28(12-10-20)18(4)30)34-22-8-7-19(14-21(22)29)24-16(2)27-35-17(24)3/h7-8,14,20,23H,5-6,9-13,15H2,1-4H3,(H,26,31). The van der Waals surface area contributed by atoms with E-state index in [4.69, 9.17) is 9.26 Å². The monoisotopic (exact) mass is 518 g/mol. The molecule has 0 saturated carbocycles. The summed E-state index contributed by atoms with van der Waals surface area (Å²) in [5.41, 5.74) is 2.69. The van der Waals surface area contributed by atoms with E-state index < -0.39 is 16.1 Å². The van der Waals surface area contributed by atoms with Gasteiger partial charge in [-0.2, -0.15) is 0 Å². The fourth-order valence-corrected chi connectivity index (χ4v) is 6.45. The topological polar surface area (TPSA) is 122 Å². The van der Waals surface area contributed by atoms with Gasteiger partial charge in [0, 0.05) is 31.6 Å². The van der Waals surface area contributed by atoms with E-state index in [0.717, 1.165) is 17.5 Å². The third-order valence-electron chi connectivity index (χ3n) is 6.82. The molecule has 2 aromatic rings. The molecule has 196 valence electrons. The average molecular weight is 519 g/mol. The molecule has 2 aliphatic rings. The number of anilines is 1. The quantitative estimate of drug-likeness (QED) is 0.598. The molecular formula is C25H34N4O6S. The predicted octanol–water partition coefficient (Wildman–Crippen LogP) is 2.78. The van der Waals surface area contributed by atoms with Gasteiger partial charge in [-0.3, -0.25) is 13.9 Å². The summed E-state index contributed by atoms with van der Waals surface area (Å²) in [7, 11) is -3.69. The minimum Gasteiger partial charge on any atom is -0.476 e. The summed E-state index contributed by atoms with van der Waals surface area (Å²) in [5, 5.41) is 7.00. The Morgan fingerprint density at radius 1 is 1.19 bits per heavy atom. The van der Waals surface area contributed by atoms with Crippen LogP contribution in [0.3, 0.4) is 0 Å². The summed E-state index contributed by atoms with van der Waals surface area (Å²) >= 11 is 0. The van der Waals surface area contributed by atoms with Crippen LogP contribution in [0.2, 0.25) is 0 Å². The number of nitrogens with one attached hydrogen (secondary N) is 1. The van der Waals surface area contributed by atoms with Crippen molar-refractivity contribution in [1.82, 2.24) is 15.4 Å². The van der Waals surface area contributed by atoms with Crippen LogP contribution in [0.4, 0.5) is 5.69 Å². The molecule has 1 unspecified atom stereocenters. The molecular weight excluding hydrogens is 484 g/mol. The molecule has 2 amide bonds. The molecule has 36 heavy (non-hydrogen) atoms. The Bertz CT molecular complexity index is 1210. The number of ether oxygens (including phenoxy) is 1. The molecule has 0 radical (unpaired) electrons. The number of carbonyl (C=O) groups excluding carboxylic acids is 2. The molecule has 1 aromatic carbocycles. The summed E-state index contributed by atoms with van der Waals surface area (Å²) < 4.78 is 39.4. The van der Waals surface area contributed by atoms with E-state index in [0.29, 0.717) is 55.2 Å². The van der Waals surface area contributed by atoms with Crippen LogP contribution in [-0.4, -0.2) is 67.8 Å². The van der Waals surface area contributed by atoms with Gasteiger partial charge in [0.05, 0.1) is 23.7 Å². The Hall–Kier alpha value is -3.08. The predicted molar refractivity (Wildman–Crippen MR) is 135 cm³/mol. The molecule has 1 N–H and O–H groups in total. The third-order valence-corrected chi connectivity index (χ3v) is 8.64. The first-order valence-corrected chi connectivity index (χ1v) is 14.0. The van der Waals surface area contributed by atoms with E-state index in [9.17, 15) is 18.0 Å². The minimum absolute atomic E-state index is 0.0175. The van der Waals surface area contributed by atoms with Crippen molar-refractivity contribution in [3.63, 3.8) is 0 Å². The molecule has 0 aliphatic carbocycles. The number of amides is 2. The lowest BCUT2D eigenvalue weighted by atomic mass is 10.0. The normalized spacial score (nSPS) is 18.5. The summed E-state index contributed by atoms with van der Waals surface area (Å²) in [5.74, 6) is 0.625. The molecule has 1 atom stereocenters. The zero-order valence-electron chi connectivity index (χ0n) is 21.2. The van der Waals surface area contributed by atoms with Gasteiger partial charge in [0.1, 0.15) is 11.5 Å². The first kappa shape index (κ1) is 26.0. The Balaban J connectivity index is 1.59. The lowest BCUT2D eigenvalue weighted by Crippen LogP contribution is -2.54. The van der Waals surface area contributed by atoms with Gasteiger partial charge < -0.3 is 19.5 Å². The fourth-order valence-electron chi connectivity index (χ4n) is 4.77. The van der Waals surface area contributed by atoms with E-state index >= 15 is 0 Å². The van der Waals surface area contributed by atoms with Gasteiger partial charge in [0.15, 0.2) is 6.10 Å². The largest absolute Gasteiger partial charge is 0.476 e. The molecule has 1 saturated heterocycles. The number of aryl methyl sites for hydroxylation is 2. The average Bonchev–Trinajstić information content (AvgIpc) is 3.19. The number of likely N-dealkylation sites (tertiary alicyclic amines) is 1. The van der Waals surface area contributed by atoms with Crippen LogP contribution in [0.1, 0.15) is 51.0 Å². The summed E-state index contributed by atoms with van der Waals surface area (Å²) in [4.78, 5) is 26.5. The molecule has 10 nitrogen and oxygen atoms in total. The van der Waals surface area contributed by atoms with Gasteiger partial charge in [0.2, 0.25) is 15.9 Å². The number of benzene rings is 1. The number of hydrogen-bond acceptors (Lipinski definition) is 7. The number of carbonyl (C=O) groups is 2. The van der Waals surface area contributed by atoms with Crippen LogP contribution in [0.5, 0.6) is 5.75 Å². The van der Waals surface area contributed by atoms with Gasteiger partial charge >= 0.3 is 0 Å². The molecule has 0 spiro atoms. The Kier molecular flexibility index (Phi) is 7.58. The highest BCUT2D eigenvalue weighted by molar-refractivity contribution is 7.92. The first-order chi connectivity index (χ1) is 17.1. The number of hydrogen-bond donors (Lipinski definition) is 1. The van der Waals surface area contributed by atoms with Gasteiger partial charge in [-0.25, -0.2) is 8.42 Å². The molecule has 3 heterocycles. The zero-order valence-corrected chi connectivity index (χ0v) is 22.1. The third kappa shape index (κ3) is 5.35. The molecule has 1 fully saturated rings. The van der Waals surface area contributed by atoms with E-state index in [2.05, 4.69) is 10.5 Å². The van der Waals surface area contributed by atoms with E-state index in [1.807, 2.05) is 26.8 Å². The molecule has 1 aromatic heterocycles. The van der Waals surface area contributed by atoms with Crippen molar-refractivity contribution in [2.75, 3.05) is 29.7 Å². The van der Waals surface area contributed by atoms with Crippen LogP contribution in [0, 0.1) is 13.8 Å². The number of fused-ring (bicyclic) bond motifs is 1. The lowest BCUT2D eigenvalue weighted by molar-refractivity contribution is -0.130. The highest BCUT2D eigenvalue weighted by atomic mass is 32.2. The van der Waals surface area contributed by atoms with Crippen molar-refractivity contribution in [2.24, 2.45) is 0 Å². The number of sulfonamides is 1. The summed E-state index contributed by atoms with van der Waals surface area (Å²) in [6, 6.07) is 5.19. The number of unbranched alkanes of at least 4 members (excludes halogenated alkanes) is 1. The summed E-state index contributed by atoms with van der Waals surface area (Å²) in [6.45, 7) is 8.17. The smallest absolute Gasteiger partial charge is 0.263 e. The van der Waals surface area contributed by atoms with Crippen molar-refractivity contribution in [1.29, 1.82) is 0 Å². The maximum absolute atomic E-state index is 13.4. The number of aromatic nitrogens is 1. The van der Waals surface area contributed by atoms with Crippen LogP contribution in [0.15, 0.2) is 22.7 Å². The number of rotatable bonds is 7. The molecule has 11 heteroatoms. The second-order valence-electron chi connectivity index (χ2n) is 9.48. The fraction of sp³-hybridized carbons (Fsp3) is 0.560. The second kappa shape index (κ2) is 10.5. The minimum atomic E-state index is -3.69. The second-order valence-corrected chi connectivity index (χ2v) is 11.5. The highest BCUT2D eigenvalue weighted by Crippen LogP contribution is 2.40. The van der Waals surface area contributed by atoms with Crippen LogP contribution >= 0.6 is 0 Å². The van der Waals surface area contributed by atoms with Gasteiger partial charge in [0.25, 0.3) is 5.91 Å². The molecule has 4 rings (SSSR count). The maximum atomic E-state index is 13.4. The number of piperidine rings is 1. The van der Waals surface area contributed by atoms with Crippen molar-refractivity contribution in [2.45, 2.75) is 65.5 Å². The van der Waals surface area contributed by atoms with Crippen LogP contribution in [0.25, 0.3) is 11.1 Å². The van der Waals surface area contributed by atoms with Crippen molar-refractivity contribution < 1.29 is 27.3 Å². The van der Waals surface area contributed by atoms with Crippen LogP contribution in [-0.2, 0) is 19.6 Å². The lowest BCUT2D eigenvalue weighted by Gasteiger charge is -2.36. The first-order valence-electron chi connectivity index (χ1n) is 12.4. The van der Waals surface area contributed by atoms with Crippen LogP contribution < -0.4 is 14.4 Å². The highest BCUT2D eigenvalue weighted by Gasteiger charge is 2.38. The Morgan fingerprint density at radius 3 is 2.53 bits per heavy atom. The van der Waals surface area contributed by atoms with Gasteiger partial charge in [-0.05, 0) is 50.8 Å². The zero-order chi connectivity index (χ0) is 26.0. The van der Waals surface area contributed by atoms with E-state index in [1.54, 1.807) is 17.0 Å². The molecule has 0 bridgehead atoms. The Labute approximate surface area is 212 Å².